The fourth-order valence-electron chi connectivity index (χ4n) is 0.874. The molecule has 0 bridgehead atoms. The summed E-state index contributed by atoms with van der Waals surface area (Å²) in [5, 5.41) is 16.3. The molecular weight excluding hydrogens is 234 g/mol. The van der Waals surface area contributed by atoms with Crippen LogP contribution in [-0.2, 0) is 9.59 Å². The summed E-state index contributed by atoms with van der Waals surface area (Å²) in [4.78, 5) is 24.7. The summed E-state index contributed by atoms with van der Waals surface area (Å²) >= 11 is 1.08. The Kier molecular flexibility index (Phi) is 7.10. The minimum Gasteiger partial charge on any atom is -0.481 e. The first-order valence-corrected chi connectivity index (χ1v) is 5.60. The Morgan fingerprint density at radius 3 is 2.38 bits per heavy atom. The molecule has 0 saturated carbocycles. The molecule has 0 rings (SSSR count). The number of aliphatic carboxylic acids is 2. The van der Waals surface area contributed by atoms with Crippen LogP contribution in [0.15, 0.2) is 4.99 Å². The molecule has 0 spiro atoms. The van der Waals surface area contributed by atoms with Crippen molar-refractivity contribution >= 4 is 29.7 Å². The van der Waals surface area contributed by atoms with Crippen molar-refractivity contribution in [2.45, 2.75) is 18.1 Å². The van der Waals surface area contributed by atoms with Gasteiger partial charge in [-0.2, -0.15) is 0 Å². The van der Waals surface area contributed by atoms with Gasteiger partial charge in [0.05, 0.1) is 6.42 Å². The average Bonchev–Trinajstić information content (AvgIpc) is 2.14. The Hall–Kier alpha value is -1.44. The lowest BCUT2D eigenvalue weighted by Gasteiger charge is -2.08. The van der Waals surface area contributed by atoms with E-state index in [1.807, 2.05) is 0 Å². The molecule has 0 fully saturated rings. The smallest absolute Gasteiger partial charge is 0.317 e. The lowest BCUT2D eigenvalue weighted by molar-refractivity contribution is -0.142. The summed E-state index contributed by atoms with van der Waals surface area (Å²) in [6.07, 6.45) is 0.217. The summed E-state index contributed by atoms with van der Waals surface area (Å²) < 4.78 is 0. The maximum absolute atomic E-state index is 10.7. The molecule has 6 N–H and O–H groups in total. The van der Waals surface area contributed by atoms with E-state index in [-0.39, 0.29) is 12.4 Å². The SMILES string of the molecule is NC(N)=NCCCSC(CC(=O)O)C(=O)O. The molecular formula is C8H15N3O4S. The van der Waals surface area contributed by atoms with E-state index < -0.39 is 17.2 Å². The molecule has 0 radical (unpaired) electrons. The second-order valence-electron chi connectivity index (χ2n) is 2.96. The maximum atomic E-state index is 10.7. The van der Waals surface area contributed by atoms with E-state index in [1.54, 1.807) is 0 Å². The van der Waals surface area contributed by atoms with Crippen molar-refractivity contribution in [1.82, 2.24) is 0 Å². The number of thioether (sulfide) groups is 1. The Bertz CT molecular complexity index is 278. The van der Waals surface area contributed by atoms with Crippen LogP contribution in [-0.4, -0.2) is 45.7 Å². The zero-order chi connectivity index (χ0) is 12.6. The van der Waals surface area contributed by atoms with Gasteiger partial charge >= 0.3 is 11.9 Å². The minimum atomic E-state index is -1.12. The molecule has 0 aliphatic rings. The predicted octanol–water partition coefficient (Wildman–Crippen LogP) is -0.689. The van der Waals surface area contributed by atoms with Gasteiger partial charge in [-0.05, 0) is 12.2 Å². The largest absolute Gasteiger partial charge is 0.481 e. The fourth-order valence-corrected chi connectivity index (χ4v) is 1.86. The fraction of sp³-hybridized carbons (Fsp3) is 0.625. The Balaban J connectivity index is 3.81. The normalized spacial score (nSPS) is 11.8. The third kappa shape index (κ3) is 7.92. The van der Waals surface area contributed by atoms with Crippen LogP contribution < -0.4 is 11.5 Å². The van der Waals surface area contributed by atoms with Gasteiger partial charge in [-0.25, -0.2) is 0 Å². The Labute approximate surface area is 96.9 Å². The average molecular weight is 249 g/mol. The van der Waals surface area contributed by atoms with Gasteiger partial charge in [0.1, 0.15) is 5.25 Å². The number of carboxylic acid groups (broad SMARTS) is 2. The lowest BCUT2D eigenvalue weighted by Crippen LogP contribution is -2.23. The molecule has 8 heteroatoms. The van der Waals surface area contributed by atoms with E-state index in [9.17, 15) is 9.59 Å². The maximum Gasteiger partial charge on any atom is 0.317 e. The first kappa shape index (κ1) is 14.6. The van der Waals surface area contributed by atoms with Crippen LogP contribution in [0, 0.1) is 0 Å². The number of nitrogens with zero attached hydrogens (tertiary/aromatic N) is 1. The van der Waals surface area contributed by atoms with Gasteiger partial charge in [0.15, 0.2) is 5.96 Å². The number of hydrogen-bond acceptors (Lipinski definition) is 4. The lowest BCUT2D eigenvalue weighted by atomic mass is 10.3. The van der Waals surface area contributed by atoms with Crippen molar-refractivity contribution in [1.29, 1.82) is 0 Å². The first-order chi connectivity index (χ1) is 7.43. The summed E-state index contributed by atoms with van der Waals surface area (Å²) in [5.41, 5.74) is 10.2. The topological polar surface area (TPSA) is 139 Å². The summed E-state index contributed by atoms with van der Waals surface area (Å²) in [5.74, 6) is -1.75. The number of rotatable bonds is 8. The molecule has 92 valence electrons. The predicted molar refractivity (Wildman–Crippen MR) is 61.4 cm³/mol. The van der Waals surface area contributed by atoms with Crippen molar-refractivity contribution in [3.05, 3.63) is 0 Å². The van der Waals surface area contributed by atoms with Gasteiger partial charge < -0.3 is 21.7 Å². The standard InChI is InChI=1S/C8H15N3O4S/c9-8(10)11-2-1-3-16-5(7(14)15)4-6(12)13/h5H,1-4H2,(H,12,13)(H,14,15)(H4,9,10,11). The quantitative estimate of drug-likeness (QED) is 0.253. The van der Waals surface area contributed by atoms with Crippen LogP contribution in [0.2, 0.25) is 0 Å². The molecule has 1 unspecified atom stereocenters. The van der Waals surface area contributed by atoms with Crippen LogP contribution in [0.5, 0.6) is 0 Å². The van der Waals surface area contributed by atoms with Crippen LogP contribution in [0.25, 0.3) is 0 Å². The van der Waals surface area contributed by atoms with Crippen molar-refractivity contribution in [3.8, 4) is 0 Å². The van der Waals surface area contributed by atoms with Gasteiger partial charge in [-0.15, -0.1) is 11.8 Å². The van der Waals surface area contributed by atoms with Crippen LogP contribution >= 0.6 is 11.8 Å². The molecule has 0 amide bonds. The molecule has 0 aromatic rings. The highest BCUT2D eigenvalue weighted by atomic mass is 32.2. The molecule has 7 nitrogen and oxygen atoms in total. The number of carbonyl (C=O) groups is 2. The zero-order valence-electron chi connectivity index (χ0n) is 8.63. The van der Waals surface area contributed by atoms with Gasteiger partial charge in [0.2, 0.25) is 0 Å². The van der Waals surface area contributed by atoms with Gasteiger partial charge in [0.25, 0.3) is 0 Å². The van der Waals surface area contributed by atoms with Crippen molar-refractivity contribution < 1.29 is 19.8 Å². The number of aliphatic imine (C=N–C) groups is 1. The summed E-state index contributed by atoms with van der Waals surface area (Å²) in [6, 6.07) is 0. The molecule has 0 aromatic carbocycles. The molecule has 16 heavy (non-hydrogen) atoms. The van der Waals surface area contributed by atoms with E-state index in [1.165, 1.54) is 0 Å². The van der Waals surface area contributed by atoms with Crippen LogP contribution in [0.3, 0.4) is 0 Å². The van der Waals surface area contributed by atoms with E-state index in [4.69, 9.17) is 21.7 Å². The van der Waals surface area contributed by atoms with Gasteiger partial charge in [-0.1, -0.05) is 0 Å². The Morgan fingerprint density at radius 2 is 1.94 bits per heavy atom. The number of hydrogen-bond donors (Lipinski definition) is 4. The Morgan fingerprint density at radius 1 is 1.31 bits per heavy atom. The third-order valence-electron chi connectivity index (χ3n) is 1.55. The minimum absolute atomic E-state index is 0.00896. The first-order valence-electron chi connectivity index (χ1n) is 4.55. The molecule has 0 aliphatic heterocycles. The highest BCUT2D eigenvalue weighted by Crippen LogP contribution is 2.16. The van der Waals surface area contributed by atoms with Gasteiger partial charge in [-0.3, -0.25) is 14.6 Å². The van der Waals surface area contributed by atoms with E-state index in [0.29, 0.717) is 18.7 Å². The highest BCUT2D eigenvalue weighted by molar-refractivity contribution is 8.00. The number of nitrogens with two attached hydrogens (primary N) is 2. The van der Waals surface area contributed by atoms with Crippen LogP contribution in [0.4, 0.5) is 0 Å². The number of carboxylic acids is 2. The molecule has 0 heterocycles. The van der Waals surface area contributed by atoms with E-state index in [0.717, 1.165) is 11.8 Å². The second kappa shape index (κ2) is 7.80. The third-order valence-corrected chi connectivity index (χ3v) is 2.85. The van der Waals surface area contributed by atoms with Crippen molar-refractivity contribution in [2.75, 3.05) is 12.3 Å². The summed E-state index contributed by atoms with van der Waals surface area (Å²) in [7, 11) is 0. The van der Waals surface area contributed by atoms with Gasteiger partial charge in [0, 0.05) is 6.54 Å². The molecule has 1 atom stereocenters. The zero-order valence-corrected chi connectivity index (χ0v) is 9.44. The summed E-state index contributed by atoms with van der Waals surface area (Å²) in [6.45, 7) is 0.411. The second-order valence-corrected chi connectivity index (χ2v) is 4.27. The monoisotopic (exact) mass is 249 g/mol. The van der Waals surface area contributed by atoms with E-state index in [2.05, 4.69) is 4.99 Å². The molecule has 0 aliphatic carbocycles. The van der Waals surface area contributed by atoms with Crippen LogP contribution in [0.1, 0.15) is 12.8 Å². The van der Waals surface area contributed by atoms with Crippen molar-refractivity contribution in [3.63, 3.8) is 0 Å². The van der Waals surface area contributed by atoms with Crippen molar-refractivity contribution in [2.24, 2.45) is 16.5 Å². The molecule has 0 saturated heterocycles. The molecule has 0 aromatic heterocycles. The highest BCUT2D eigenvalue weighted by Gasteiger charge is 2.20. The van der Waals surface area contributed by atoms with E-state index >= 15 is 0 Å². The number of guanidine groups is 1.